The van der Waals surface area contributed by atoms with Gasteiger partial charge in [0.25, 0.3) is 0 Å². The molecule has 0 radical (unpaired) electrons. The van der Waals surface area contributed by atoms with E-state index in [1.807, 2.05) is 0 Å². The van der Waals surface area contributed by atoms with Gasteiger partial charge in [-0.15, -0.1) is 0 Å². The molecule has 0 heteroatoms. The van der Waals surface area contributed by atoms with Crippen LogP contribution in [0.25, 0.3) is 0 Å². The number of unbranched alkanes of at least 4 members (excludes halogenated alkanes) is 1. The standard InChI is InChI=1S/C14H20/c1-2-3-4-6-12-9-10-13-7-5-8-14(13)11-12/h4,6,9-10,14H,2-3,5,7-8,11H2,1H3/b6-4+/t14-/m0/s1. The van der Waals surface area contributed by atoms with Gasteiger partial charge in [-0.1, -0.05) is 43.2 Å². The van der Waals surface area contributed by atoms with Gasteiger partial charge in [0.1, 0.15) is 0 Å². The van der Waals surface area contributed by atoms with Crippen molar-refractivity contribution in [2.45, 2.75) is 45.4 Å². The molecule has 0 amide bonds. The summed E-state index contributed by atoms with van der Waals surface area (Å²) in [4.78, 5) is 0. The van der Waals surface area contributed by atoms with E-state index in [1.54, 1.807) is 5.57 Å². The van der Waals surface area contributed by atoms with Crippen LogP contribution in [0.2, 0.25) is 0 Å². The molecule has 2 aliphatic carbocycles. The predicted molar refractivity (Wildman–Crippen MR) is 62.2 cm³/mol. The van der Waals surface area contributed by atoms with Gasteiger partial charge in [0.2, 0.25) is 0 Å². The Bertz CT molecular complexity index is 278. The van der Waals surface area contributed by atoms with Gasteiger partial charge in [0.05, 0.1) is 0 Å². The highest BCUT2D eigenvalue weighted by atomic mass is 14.3. The zero-order valence-corrected chi connectivity index (χ0v) is 9.13. The van der Waals surface area contributed by atoms with Crippen LogP contribution in [0.5, 0.6) is 0 Å². The maximum atomic E-state index is 2.37. The van der Waals surface area contributed by atoms with Crippen molar-refractivity contribution >= 4 is 0 Å². The van der Waals surface area contributed by atoms with Crippen molar-refractivity contribution in [1.82, 2.24) is 0 Å². The van der Waals surface area contributed by atoms with Crippen LogP contribution in [0.1, 0.15) is 45.4 Å². The third-order valence-corrected chi connectivity index (χ3v) is 3.32. The fourth-order valence-electron chi connectivity index (χ4n) is 2.49. The molecule has 0 bridgehead atoms. The lowest BCUT2D eigenvalue weighted by molar-refractivity contribution is 0.620. The summed E-state index contributed by atoms with van der Waals surface area (Å²) in [5.41, 5.74) is 3.24. The van der Waals surface area contributed by atoms with Crippen molar-refractivity contribution in [3.05, 3.63) is 35.5 Å². The number of hydrogen-bond donors (Lipinski definition) is 0. The van der Waals surface area contributed by atoms with Gasteiger partial charge in [-0.2, -0.15) is 0 Å². The van der Waals surface area contributed by atoms with Crippen LogP contribution < -0.4 is 0 Å². The van der Waals surface area contributed by atoms with E-state index in [-0.39, 0.29) is 0 Å². The molecule has 0 N–H and O–H groups in total. The first-order valence-corrected chi connectivity index (χ1v) is 5.96. The van der Waals surface area contributed by atoms with E-state index >= 15 is 0 Å². The molecular weight excluding hydrogens is 168 g/mol. The van der Waals surface area contributed by atoms with Crippen molar-refractivity contribution in [3.8, 4) is 0 Å². The lowest BCUT2D eigenvalue weighted by Gasteiger charge is -2.16. The first-order chi connectivity index (χ1) is 6.90. The average molecular weight is 188 g/mol. The van der Waals surface area contributed by atoms with E-state index in [0.717, 1.165) is 5.92 Å². The Kier molecular flexibility index (Phi) is 3.23. The van der Waals surface area contributed by atoms with Crippen LogP contribution in [0, 0.1) is 5.92 Å². The van der Waals surface area contributed by atoms with E-state index < -0.39 is 0 Å². The second-order valence-electron chi connectivity index (χ2n) is 4.47. The van der Waals surface area contributed by atoms with Gasteiger partial charge < -0.3 is 0 Å². The summed E-state index contributed by atoms with van der Waals surface area (Å²) in [6.07, 6.45) is 17.3. The highest BCUT2D eigenvalue weighted by Gasteiger charge is 2.22. The van der Waals surface area contributed by atoms with Gasteiger partial charge in [0, 0.05) is 0 Å². The summed E-state index contributed by atoms with van der Waals surface area (Å²) in [7, 11) is 0. The number of hydrogen-bond acceptors (Lipinski definition) is 0. The number of fused-ring (bicyclic) bond motifs is 1. The second-order valence-corrected chi connectivity index (χ2v) is 4.47. The van der Waals surface area contributed by atoms with E-state index in [9.17, 15) is 0 Å². The quantitative estimate of drug-likeness (QED) is 0.616. The van der Waals surface area contributed by atoms with Crippen molar-refractivity contribution < 1.29 is 0 Å². The Morgan fingerprint density at radius 1 is 1.43 bits per heavy atom. The summed E-state index contributed by atoms with van der Waals surface area (Å²) in [6, 6.07) is 0. The second kappa shape index (κ2) is 4.63. The van der Waals surface area contributed by atoms with Gasteiger partial charge >= 0.3 is 0 Å². The molecule has 0 unspecified atom stereocenters. The molecule has 0 spiro atoms. The topological polar surface area (TPSA) is 0 Å². The van der Waals surface area contributed by atoms with Crippen LogP contribution in [0.3, 0.4) is 0 Å². The Balaban J connectivity index is 1.96. The molecular formula is C14H20. The largest absolute Gasteiger partial charge is 0.0843 e. The van der Waals surface area contributed by atoms with E-state index in [2.05, 4.69) is 31.2 Å². The van der Waals surface area contributed by atoms with Gasteiger partial charge in [-0.05, 0) is 43.6 Å². The molecule has 1 saturated carbocycles. The molecule has 76 valence electrons. The van der Waals surface area contributed by atoms with E-state index in [4.69, 9.17) is 0 Å². The summed E-state index contributed by atoms with van der Waals surface area (Å²) >= 11 is 0. The Labute approximate surface area is 87.4 Å². The maximum Gasteiger partial charge on any atom is -0.0160 e. The zero-order valence-electron chi connectivity index (χ0n) is 9.13. The van der Waals surface area contributed by atoms with Crippen molar-refractivity contribution in [3.63, 3.8) is 0 Å². The van der Waals surface area contributed by atoms with Crippen LogP contribution in [0.4, 0.5) is 0 Å². The first kappa shape index (κ1) is 9.76. The average Bonchev–Trinajstić information content (AvgIpc) is 2.65. The molecule has 0 aromatic heterocycles. The Morgan fingerprint density at radius 2 is 2.36 bits per heavy atom. The summed E-state index contributed by atoms with van der Waals surface area (Å²) in [6.45, 7) is 2.23. The van der Waals surface area contributed by atoms with E-state index in [1.165, 1.54) is 44.1 Å². The molecule has 1 atom stereocenters. The van der Waals surface area contributed by atoms with Crippen molar-refractivity contribution in [1.29, 1.82) is 0 Å². The minimum atomic E-state index is 0.890. The molecule has 14 heavy (non-hydrogen) atoms. The van der Waals surface area contributed by atoms with Gasteiger partial charge in [-0.3, -0.25) is 0 Å². The lowest BCUT2D eigenvalue weighted by Crippen LogP contribution is -2.01. The first-order valence-electron chi connectivity index (χ1n) is 5.96. The highest BCUT2D eigenvalue weighted by Crippen LogP contribution is 2.38. The molecule has 0 aliphatic heterocycles. The predicted octanol–water partition coefficient (Wildman–Crippen LogP) is 4.40. The smallest absolute Gasteiger partial charge is 0.0160 e. The normalized spacial score (nSPS) is 26.2. The van der Waals surface area contributed by atoms with Gasteiger partial charge in [-0.25, -0.2) is 0 Å². The fraction of sp³-hybridized carbons (Fsp3) is 0.571. The van der Waals surface area contributed by atoms with Crippen LogP contribution in [0.15, 0.2) is 35.5 Å². The third kappa shape index (κ3) is 2.17. The summed E-state index contributed by atoms with van der Waals surface area (Å²) < 4.78 is 0. The molecule has 0 aromatic rings. The number of allylic oxidation sites excluding steroid dienone is 6. The molecule has 1 fully saturated rings. The summed E-state index contributed by atoms with van der Waals surface area (Å²) in [5, 5.41) is 0. The van der Waals surface area contributed by atoms with E-state index in [0.29, 0.717) is 0 Å². The van der Waals surface area contributed by atoms with Crippen LogP contribution in [-0.4, -0.2) is 0 Å². The molecule has 0 saturated heterocycles. The molecule has 0 aromatic carbocycles. The monoisotopic (exact) mass is 188 g/mol. The molecule has 2 aliphatic rings. The SMILES string of the molecule is CCC/C=C/C1=CC=C2CCC[C@H]2C1. The van der Waals surface area contributed by atoms with Crippen LogP contribution in [-0.2, 0) is 0 Å². The minimum absolute atomic E-state index is 0.890. The highest BCUT2D eigenvalue weighted by molar-refractivity contribution is 5.34. The summed E-state index contributed by atoms with van der Waals surface area (Å²) in [5.74, 6) is 0.890. The van der Waals surface area contributed by atoms with Gasteiger partial charge in [0.15, 0.2) is 0 Å². The maximum absolute atomic E-state index is 2.37. The molecule has 2 rings (SSSR count). The molecule has 0 heterocycles. The third-order valence-electron chi connectivity index (χ3n) is 3.32. The Hall–Kier alpha value is -0.780. The van der Waals surface area contributed by atoms with Crippen LogP contribution >= 0.6 is 0 Å². The Morgan fingerprint density at radius 3 is 3.21 bits per heavy atom. The molecule has 0 nitrogen and oxygen atoms in total. The minimum Gasteiger partial charge on any atom is -0.0843 e. The zero-order chi connectivity index (χ0) is 9.80. The van der Waals surface area contributed by atoms with Crippen molar-refractivity contribution in [2.75, 3.05) is 0 Å². The number of rotatable bonds is 3. The van der Waals surface area contributed by atoms with Crippen molar-refractivity contribution in [2.24, 2.45) is 5.92 Å². The fourth-order valence-corrected chi connectivity index (χ4v) is 2.49. The lowest BCUT2D eigenvalue weighted by atomic mass is 9.89.